The molecule has 0 unspecified atom stereocenters. The number of halogens is 2. The van der Waals surface area contributed by atoms with Crippen LogP contribution in [-0.4, -0.2) is 54.3 Å². The first-order valence-corrected chi connectivity index (χ1v) is 7.08. The van der Waals surface area contributed by atoms with Crippen molar-refractivity contribution in [1.82, 2.24) is 9.88 Å². The van der Waals surface area contributed by atoms with E-state index in [1.54, 1.807) is 18.1 Å². The van der Waals surface area contributed by atoms with Gasteiger partial charge < -0.3 is 19.4 Å². The third-order valence-corrected chi connectivity index (χ3v) is 3.77. The quantitative estimate of drug-likeness (QED) is 0.931. The van der Waals surface area contributed by atoms with E-state index in [0.29, 0.717) is 30.4 Å². The maximum atomic E-state index is 12.5. The lowest BCUT2D eigenvalue weighted by Crippen LogP contribution is -2.55. The molecule has 1 amide bonds. The van der Waals surface area contributed by atoms with Crippen LogP contribution in [0.15, 0.2) is 6.07 Å². The summed E-state index contributed by atoms with van der Waals surface area (Å²) in [5.74, 6) is -0.142. The lowest BCUT2D eigenvalue weighted by molar-refractivity contribution is -0.143. The molecule has 20 heavy (non-hydrogen) atoms. The Balaban J connectivity index is 2.15. The molecule has 112 valence electrons. The van der Waals surface area contributed by atoms with Crippen molar-refractivity contribution in [3.63, 3.8) is 0 Å². The predicted octanol–water partition coefficient (Wildman–Crippen LogP) is 2.59. The van der Waals surface area contributed by atoms with E-state index in [0.717, 1.165) is 0 Å². The van der Waals surface area contributed by atoms with Gasteiger partial charge in [0.2, 0.25) is 0 Å². The average molecular weight is 321 g/mol. The summed E-state index contributed by atoms with van der Waals surface area (Å²) in [6.45, 7) is 5.32. The maximum Gasteiger partial charge on any atom is 0.270 e. The average Bonchev–Trinajstić information content (AvgIpc) is 2.67. The lowest BCUT2D eigenvalue weighted by atomic mass is 10.0. The highest BCUT2D eigenvalue weighted by molar-refractivity contribution is 6.41. The third kappa shape index (κ3) is 3.47. The first-order valence-electron chi connectivity index (χ1n) is 6.32. The molecule has 1 saturated heterocycles. The zero-order valence-corrected chi connectivity index (χ0v) is 13.2. The molecule has 2 rings (SSSR count). The van der Waals surface area contributed by atoms with E-state index in [9.17, 15) is 4.79 Å². The molecule has 0 saturated carbocycles. The number of carbonyl (C=O) groups excluding carboxylic acids is 1. The molecule has 2 heterocycles. The number of carbonyl (C=O) groups is 1. The van der Waals surface area contributed by atoms with Crippen LogP contribution in [0.1, 0.15) is 24.3 Å². The van der Waals surface area contributed by atoms with E-state index in [2.05, 4.69) is 4.98 Å². The molecular formula is C13H18Cl2N2O3. The van der Waals surface area contributed by atoms with Crippen molar-refractivity contribution >= 4 is 29.1 Å². The standard InChI is InChI=1S/C13H18Cl2N2O3/c1-13(2)7-17(5-8(20-13)6-19-3)12(18)10-4-9(14)11(15)16-10/h4,8,16H,5-7H2,1-3H3/t8-/m0/s1. The number of aromatic amines is 1. The van der Waals surface area contributed by atoms with Gasteiger partial charge in [0.1, 0.15) is 10.8 Å². The largest absolute Gasteiger partial charge is 0.382 e. The molecule has 1 aliphatic rings. The Kier molecular flexibility index (Phi) is 4.64. The Hall–Kier alpha value is -0.750. The molecule has 1 aromatic rings. The Morgan fingerprint density at radius 2 is 2.30 bits per heavy atom. The molecule has 0 aromatic carbocycles. The summed E-state index contributed by atoms with van der Waals surface area (Å²) in [6.07, 6.45) is -0.145. The van der Waals surface area contributed by atoms with Gasteiger partial charge in [-0.2, -0.15) is 0 Å². The Labute approximate surface area is 128 Å². The number of hydrogen-bond acceptors (Lipinski definition) is 3. The summed E-state index contributed by atoms with van der Waals surface area (Å²) in [5.41, 5.74) is -0.0361. The summed E-state index contributed by atoms with van der Waals surface area (Å²) in [7, 11) is 1.61. The van der Waals surface area contributed by atoms with Crippen molar-refractivity contribution in [2.45, 2.75) is 25.6 Å². The van der Waals surface area contributed by atoms with Gasteiger partial charge in [-0.25, -0.2) is 0 Å². The molecule has 0 spiro atoms. The van der Waals surface area contributed by atoms with Gasteiger partial charge in [-0.15, -0.1) is 0 Å². The molecule has 0 bridgehead atoms. The Morgan fingerprint density at radius 1 is 1.60 bits per heavy atom. The summed E-state index contributed by atoms with van der Waals surface area (Å²) >= 11 is 11.7. The van der Waals surface area contributed by atoms with Gasteiger partial charge in [0.25, 0.3) is 5.91 Å². The second-order valence-electron chi connectivity index (χ2n) is 5.49. The first kappa shape index (κ1) is 15.6. The number of aromatic nitrogens is 1. The smallest absolute Gasteiger partial charge is 0.270 e. The molecule has 1 N–H and O–H groups in total. The fourth-order valence-corrected chi connectivity index (χ4v) is 2.73. The number of amides is 1. The van der Waals surface area contributed by atoms with Crippen LogP contribution >= 0.6 is 23.2 Å². The monoisotopic (exact) mass is 320 g/mol. The van der Waals surface area contributed by atoms with Crippen molar-refractivity contribution in [2.75, 3.05) is 26.8 Å². The van der Waals surface area contributed by atoms with Gasteiger partial charge in [-0.1, -0.05) is 23.2 Å². The van der Waals surface area contributed by atoms with E-state index in [1.807, 2.05) is 13.8 Å². The fraction of sp³-hybridized carbons (Fsp3) is 0.615. The van der Waals surface area contributed by atoms with Crippen molar-refractivity contribution in [3.05, 3.63) is 21.9 Å². The minimum atomic E-state index is -0.419. The van der Waals surface area contributed by atoms with Crippen molar-refractivity contribution < 1.29 is 14.3 Å². The third-order valence-electron chi connectivity index (χ3n) is 3.08. The highest BCUT2D eigenvalue weighted by atomic mass is 35.5. The normalized spacial score (nSPS) is 22.1. The van der Waals surface area contributed by atoms with Gasteiger partial charge in [0.15, 0.2) is 0 Å². The van der Waals surface area contributed by atoms with Crippen LogP contribution in [-0.2, 0) is 9.47 Å². The highest BCUT2D eigenvalue weighted by Gasteiger charge is 2.36. The summed E-state index contributed by atoms with van der Waals surface area (Å²) in [5, 5.41) is 0.618. The molecule has 1 aromatic heterocycles. The second-order valence-corrected chi connectivity index (χ2v) is 6.27. The summed E-state index contributed by atoms with van der Waals surface area (Å²) in [4.78, 5) is 17.0. The van der Waals surface area contributed by atoms with Crippen molar-refractivity contribution in [2.24, 2.45) is 0 Å². The SMILES string of the molecule is COC[C@@H]1CN(C(=O)c2cc(Cl)c(Cl)[nH]2)CC(C)(C)O1. The summed E-state index contributed by atoms with van der Waals surface area (Å²) < 4.78 is 11.0. The molecule has 1 fully saturated rings. The zero-order chi connectivity index (χ0) is 14.9. The molecule has 7 heteroatoms. The van der Waals surface area contributed by atoms with Crippen LogP contribution in [0.4, 0.5) is 0 Å². The number of methoxy groups -OCH3 is 1. The van der Waals surface area contributed by atoms with Gasteiger partial charge in [-0.3, -0.25) is 4.79 Å². The van der Waals surface area contributed by atoms with E-state index in [1.165, 1.54) is 0 Å². The van der Waals surface area contributed by atoms with Crippen LogP contribution in [0.3, 0.4) is 0 Å². The zero-order valence-electron chi connectivity index (χ0n) is 11.7. The van der Waals surface area contributed by atoms with Gasteiger partial charge in [0, 0.05) is 20.2 Å². The van der Waals surface area contributed by atoms with Gasteiger partial charge >= 0.3 is 0 Å². The van der Waals surface area contributed by atoms with Crippen LogP contribution in [0.25, 0.3) is 0 Å². The lowest BCUT2D eigenvalue weighted by Gasteiger charge is -2.42. The van der Waals surface area contributed by atoms with Crippen molar-refractivity contribution in [1.29, 1.82) is 0 Å². The minimum Gasteiger partial charge on any atom is -0.382 e. The number of H-pyrrole nitrogens is 1. The van der Waals surface area contributed by atoms with E-state index in [-0.39, 0.29) is 17.2 Å². The molecule has 1 aliphatic heterocycles. The number of morpholine rings is 1. The number of nitrogens with one attached hydrogen (secondary N) is 1. The molecular weight excluding hydrogens is 303 g/mol. The first-order chi connectivity index (χ1) is 9.32. The molecule has 0 aliphatic carbocycles. The van der Waals surface area contributed by atoms with Crippen LogP contribution in [0.5, 0.6) is 0 Å². The number of hydrogen-bond donors (Lipinski definition) is 1. The number of ether oxygens (including phenoxy) is 2. The predicted molar refractivity (Wildman–Crippen MR) is 77.5 cm³/mol. The van der Waals surface area contributed by atoms with Crippen LogP contribution in [0, 0.1) is 0 Å². The maximum absolute atomic E-state index is 12.5. The Morgan fingerprint density at radius 3 is 2.85 bits per heavy atom. The van der Waals surface area contributed by atoms with E-state index in [4.69, 9.17) is 32.7 Å². The van der Waals surface area contributed by atoms with Crippen LogP contribution in [0.2, 0.25) is 10.2 Å². The summed E-state index contributed by atoms with van der Waals surface area (Å²) in [6, 6.07) is 1.54. The molecule has 1 atom stereocenters. The molecule has 5 nitrogen and oxygen atoms in total. The van der Waals surface area contributed by atoms with Crippen molar-refractivity contribution in [3.8, 4) is 0 Å². The highest BCUT2D eigenvalue weighted by Crippen LogP contribution is 2.26. The van der Waals surface area contributed by atoms with E-state index < -0.39 is 5.60 Å². The molecule has 0 radical (unpaired) electrons. The Bertz CT molecular complexity index is 482. The number of rotatable bonds is 3. The topological polar surface area (TPSA) is 54.6 Å². The minimum absolute atomic E-state index is 0.142. The van der Waals surface area contributed by atoms with Crippen LogP contribution < -0.4 is 0 Å². The number of nitrogens with zero attached hydrogens (tertiary/aromatic N) is 1. The van der Waals surface area contributed by atoms with Gasteiger partial charge in [-0.05, 0) is 19.9 Å². The fourth-order valence-electron chi connectivity index (χ4n) is 2.41. The second kappa shape index (κ2) is 5.93. The van der Waals surface area contributed by atoms with Gasteiger partial charge in [0.05, 0.1) is 23.3 Å². The van der Waals surface area contributed by atoms with E-state index >= 15 is 0 Å².